The molecule has 0 spiro atoms. The number of carbonyl (C=O) groups excluding carboxylic acids is 1. The van der Waals surface area contributed by atoms with Gasteiger partial charge in [-0.25, -0.2) is 4.57 Å². The standard InChI is InChI=1S/C54H107N2O6P/c1-6-8-10-12-14-16-18-19-20-21-22-23-24-25-26-27-28-29-30-31-32-33-34-35-36-38-39-41-43-45-47-53(57)52(51-62-63(59,60)61-50-49-56(3,4)5)55-54(58)48-46-44-42-40-37-17-15-13-11-9-7-2/h38-39,45,47,52-53,57H,6-37,40-44,46,48-51H2,1-5H3,(H-,55,58,59,60)/p+1/b39-38+,47-45+. The Morgan fingerprint density at radius 3 is 1.27 bits per heavy atom. The molecule has 0 aliphatic carbocycles. The summed E-state index contributed by atoms with van der Waals surface area (Å²) in [5.41, 5.74) is 0. The number of hydrogen-bond acceptors (Lipinski definition) is 5. The van der Waals surface area contributed by atoms with E-state index >= 15 is 0 Å². The van der Waals surface area contributed by atoms with Crippen LogP contribution in [-0.2, 0) is 18.4 Å². The average Bonchev–Trinajstić information content (AvgIpc) is 3.24. The number of amides is 1. The van der Waals surface area contributed by atoms with Crippen LogP contribution in [0.2, 0.25) is 0 Å². The third kappa shape index (κ3) is 48.7. The number of aliphatic hydroxyl groups is 1. The number of phosphoric acid groups is 1. The van der Waals surface area contributed by atoms with Gasteiger partial charge >= 0.3 is 7.82 Å². The van der Waals surface area contributed by atoms with Gasteiger partial charge in [0, 0.05) is 6.42 Å². The predicted molar refractivity (Wildman–Crippen MR) is 272 cm³/mol. The molecule has 0 saturated heterocycles. The second-order valence-corrected chi connectivity index (χ2v) is 21.4. The van der Waals surface area contributed by atoms with E-state index in [-0.39, 0.29) is 19.1 Å². The summed E-state index contributed by atoms with van der Waals surface area (Å²) in [5, 5.41) is 13.8. The van der Waals surface area contributed by atoms with Crippen molar-refractivity contribution in [3.8, 4) is 0 Å². The maximum atomic E-state index is 12.9. The van der Waals surface area contributed by atoms with Crippen molar-refractivity contribution in [3.05, 3.63) is 24.3 Å². The number of nitrogens with zero attached hydrogens (tertiary/aromatic N) is 1. The quantitative estimate of drug-likeness (QED) is 0.0243. The van der Waals surface area contributed by atoms with E-state index in [1.165, 1.54) is 205 Å². The topological polar surface area (TPSA) is 105 Å². The van der Waals surface area contributed by atoms with Crippen LogP contribution >= 0.6 is 7.82 Å². The van der Waals surface area contributed by atoms with Crippen LogP contribution in [0.25, 0.3) is 0 Å². The number of rotatable bonds is 50. The number of aliphatic hydroxyl groups excluding tert-OH is 1. The van der Waals surface area contributed by atoms with E-state index in [0.717, 1.165) is 38.5 Å². The number of phosphoric ester groups is 1. The zero-order valence-electron chi connectivity index (χ0n) is 42.6. The Bertz CT molecular complexity index is 1080. The third-order valence-electron chi connectivity index (χ3n) is 12.4. The molecule has 0 aromatic carbocycles. The minimum absolute atomic E-state index is 0.0583. The number of likely N-dealkylation sites (N-methyl/N-ethyl adjacent to an activating group) is 1. The molecule has 0 aromatic heterocycles. The van der Waals surface area contributed by atoms with Gasteiger partial charge in [0.05, 0.1) is 39.9 Å². The van der Waals surface area contributed by atoms with Gasteiger partial charge in [-0.3, -0.25) is 13.8 Å². The molecule has 63 heavy (non-hydrogen) atoms. The molecule has 0 radical (unpaired) electrons. The molecule has 3 N–H and O–H groups in total. The van der Waals surface area contributed by atoms with Crippen LogP contribution in [-0.4, -0.2) is 73.4 Å². The molecule has 0 aliphatic rings. The second-order valence-electron chi connectivity index (χ2n) is 20.0. The summed E-state index contributed by atoms with van der Waals surface area (Å²) in [6.45, 7) is 4.81. The van der Waals surface area contributed by atoms with E-state index in [0.29, 0.717) is 17.4 Å². The Labute approximate surface area is 392 Å². The van der Waals surface area contributed by atoms with Gasteiger partial charge in [0.1, 0.15) is 13.2 Å². The van der Waals surface area contributed by atoms with Gasteiger partial charge in [-0.2, -0.15) is 0 Å². The average molecular weight is 912 g/mol. The fourth-order valence-corrected chi connectivity index (χ4v) is 8.85. The molecule has 0 aliphatic heterocycles. The molecule has 8 nitrogen and oxygen atoms in total. The lowest BCUT2D eigenvalue weighted by Gasteiger charge is -2.25. The number of allylic oxidation sites excluding steroid dienone is 3. The minimum Gasteiger partial charge on any atom is -0.387 e. The Hall–Kier alpha value is -1.02. The Kier molecular flexibility index (Phi) is 45.4. The number of quaternary nitrogens is 1. The minimum atomic E-state index is -4.34. The first kappa shape index (κ1) is 62.0. The monoisotopic (exact) mass is 912 g/mol. The van der Waals surface area contributed by atoms with E-state index < -0.39 is 20.0 Å². The van der Waals surface area contributed by atoms with E-state index in [1.807, 2.05) is 27.2 Å². The van der Waals surface area contributed by atoms with Crippen LogP contribution < -0.4 is 5.32 Å². The van der Waals surface area contributed by atoms with Crippen molar-refractivity contribution in [1.82, 2.24) is 5.32 Å². The lowest BCUT2D eigenvalue weighted by atomic mass is 10.0. The van der Waals surface area contributed by atoms with Crippen molar-refractivity contribution in [2.24, 2.45) is 0 Å². The van der Waals surface area contributed by atoms with Gasteiger partial charge in [0.15, 0.2) is 0 Å². The highest BCUT2D eigenvalue weighted by molar-refractivity contribution is 7.47. The second kappa shape index (κ2) is 46.1. The summed E-state index contributed by atoms with van der Waals surface area (Å²) >= 11 is 0. The van der Waals surface area contributed by atoms with Crippen LogP contribution in [0.1, 0.15) is 264 Å². The molecular formula is C54H108N2O6P+. The highest BCUT2D eigenvalue weighted by atomic mass is 31.2. The molecule has 3 unspecified atom stereocenters. The van der Waals surface area contributed by atoms with E-state index in [9.17, 15) is 19.4 Å². The number of carbonyl (C=O) groups is 1. The van der Waals surface area contributed by atoms with Gasteiger partial charge in [0.2, 0.25) is 5.91 Å². The largest absolute Gasteiger partial charge is 0.472 e. The van der Waals surface area contributed by atoms with Gasteiger partial charge in [-0.1, -0.05) is 250 Å². The van der Waals surface area contributed by atoms with Gasteiger partial charge in [-0.15, -0.1) is 0 Å². The fourth-order valence-electron chi connectivity index (χ4n) is 8.12. The number of nitrogens with one attached hydrogen (secondary N) is 1. The maximum absolute atomic E-state index is 12.9. The van der Waals surface area contributed by atoms with Gasteiger partial charge in [-0.05, 0) is 32.1 Å². The van der Waals surface area contributed by atoms with Crippen LogP contribution in [0.3, 0.4) is 0 Å². The number of unbranched alkanes of at least 4 members (excludes halogenated alkanes) is 35. The van der Waals surface area contributed by atoms with Crippen LogP contribution in [0.5, 0.6) is 0 Å². The molecule has 0 saturated carbocycles. The molecule has 3 atom stereocenters. The molecule has 374 valence electrons. The molecule has 0 fully saturated rings. The van der Waals surface area contributed by atoms with Crippen molar-refractivity contribution in [2.75, 3.05) is 40.9 Å². The van der Waals surface area contributed by atoms with Crippen LogP contribution in [0, 0.1) is 0 Å². The van der Waals surface area contributed by atoms with Crippen molar-refractivity contribution >= 4 is 13.7 Å². The van der Waals surface area contributed by atoms with Crippen molar-refractivity contribution in [1.29, 1.82) is 0 Å². The third-order valence-corrected chi connectivity index (χ3v) is 13.4. The summed E-state index contributed by atoms with van der Waals surface area (Å²) in [6, 6.07) is -0.858. The Balaban J connectivity index is 4.11. The van der Waals surface area contributed by atoms with E-state index in [2.05, 4.69) is 31.3 Å². The predicted octanol–water partition coefficient (Wildman–Crippen LogP) is 16.0. The molecule has 0 bridgehead atoms. The van der Waals surface area contributed by atoms with Crippen LogP contribution in [0.15, 0.2) is 24.3 Å². The van der Waals surface area contributed by atoms with E-state index in [1.54, 1.807) is 6.08 Å². The first-order valence-electron chi connectivity index (χ1n) is 27.2. The van der Waals surface area contributed by atoms with Crippen LogP contribution in [0.4, 0.5) is 0 Å². The van der Waals surface area contributed by atoms with Crippen molar-refractivity contribution < 1.29 is 32.9 Å². The molecule has 0 rings (SSSR count). The summed E-state index contributed by atoms with van der Waals surface area (Å²) in [7, 11) is 1.56. The lowest BCUT2D eigenvalue weighted by molar-refractivity contribution is -0.870. The lowest BCUT2D eigenvalue weighted by Crippen LogP contribution is -2.45. The molecule has 9 heteroatoms. The van der Waals surface area contributed by atoms with Gasteiger partial charge in [0.25, 0.3) is 0 Å². The highest BCUT2D eigenvalue weighted by Crippen LogP contribution is 2.43. The smallest absolute Gasteiger partial charge is 0.387 e. The highest BCUT2D eigenvalue weighted by Gasteiger charge is 2.27. The SMILES string of the molecule is CCCCCCCCCCCCCCCCCCCCCCCCCC/C=C/CC/C=C/C(O)C(COP(=O)(O)OCC[N+](C)(C)C)NC(=O)CCCCCCCCCCCCC. The molecule has 0 heterocycles. The normalized spacial score (nSPS) is 14.2. The zero-order chi connectivity index (χ0) is 46.4. The van der Waals surface area contributed by atoms with Crippen molar-refractivity contribution in [3.63, 3.8) is 0 Å². The fraction of sp³-hybridized carbons (Fsp3) is 0.907. The van der Waals surface area contributed by atoms with E-state index in [4.69, 9.17) is 9.05 Å². The summed E-state index contributed by atoms with van der Waals surface area (Å²) in [6.07, 6.45) is 57.2. The summed E-state index contributed by atoms with van der Waals surface area (Å²) in [4.78, 5) is 23.1. The first-order valence-corrected chi connectivity index (χ1v) is 28.7. The maximum Gasteiger partial charge on any atom is 0.472 e. The van der Waals surface area contributed by atoms with Gasteiger partial charge < -0.3 is 19.8 Å². The molecular weight excluding hydrogens is 804 g/mol. The Morgan fingerprint density at radius 2 is 0.873 bits per heavy atom. The summed E-state index contributed by atoms with van der Waals surface area (Å²) in [5.74, 6) is -0.186. The Morgan fingerprint density at radius 1 is 0.524 bits per heavy atom. The molecule has 1 amide bonds. The number of hydrogen-bond donors (Lipinski definition) is 3. The van der Waals surface area contributed by atoms with Crippen molar-refractivity contribution in [2.45, 2.75) is 276 Å². The summed E-state index contributed by atoms with van der Waals surface area (Å²) < 4.78 is 23.6. The molecule has 0 aromatic rings. The first-order chi connectivity index (χ1) is 30.5. The zero-order valence-corrected chi connectivity index (χ0v) is 43.5.